The summed E-state index contributed by atoms with van der Waals surface area (Å²) < 4.78 is 67.8. The molecule has 0 aliphatic carbocycles. The summed E-state index contributed by atoms with van der Waals surface area (Å²) in [4.78, 5) is 13.2. The number of carbonyl (C=O) groups is 1. The second-order valence-corrected chi connectivity index (χ2v) is 9.69. The second-order valence-electron chi connectivity index (χ2n) is 6.86. The van der Waals surface area contributed by atoms with E-state index in [1.54, 1.807) is 12.1 Å². The van der Waals surface area contributed by atoms with Crippen LogP contribution < -0.4 is 10.0 Å². The molecule has 1 aliphatic heterocycles. The van der Waals surface area contributed by atoms with E-state index < -0.39 is 22.7 Å². The predicted octanol–water partition coefficient (Wildman–Crippen LogP) is 4.05. The third kappa shape index (κ3) is 6.96. The van der Waals surface area contributed by atoms with Crippen LogP contribution in [0.15, 0.2) is 58.3 Å². The van der Waals surface area contributed by atoms with Crippen LogP contribution in [0.4, 0.5) is 18.9 Å². The van der Waals surface area contributed by atoms with E-state index in [1.807, 2.05) is 12.1 Å². The smallest absolute Gasteiger partial charge is 0.377 e. The summed E-state index contributed by atoms with van der Waals surface area (Å²) in [6, 6.07) is 12.0. The summed E-state index contributed by atoms with van der Waals surface area (Å²) in [5, 5.41) is 2.68. The average Bonchev–Trinajstić information content (AvgIpc) is 3.25. The standard InChI is InChI=1S/C20H21F3N2O4S2/c21-20(22,23)13-24-31(27,28)16-9-7-14(8-10-16)25-19(26)17-5-1-2-6-18(17)30-12-15-4-3-11-29-15/h1-2,5-10,15,24H,3-4,11-13H2,(H,25,26). The Labute approximate surface area is 182 Å². The van der Waals surface area contributed by atoms with Crippen LogP contribution in [0.5, 0.6) is 0 Å². The van der Waals surface area contributed by atoms with Gasteiger partial charge in [0.05, 0.1) is 16.6 Å². The first-order valence-corrected chi connectivity index (χ1v) is 11.9. The molecule has 31 heavy (non-hydrogen) atoms. The summed E-state index contributed by atoms with van der Waals surface area (Å²) in [5.74, 6) is 0.364. The zero-order valence-electron chi connectivity index (χ0n) is 16.3. The number of nitrogens with one attached hydrogen (secondary N) is 2. The van der Waals surface area contributed by atoms with Gasteiger partial charge in [0.2, 0.25) is 10.0 Å². The Bertz CT molecular complexity index is 1010. The van der Waals surface area contributed by atoms with E-state index in [9.17, 15) is 26.4 Å². The van der Waals surface area contributed by atoms with Crippen molar-refractivity contribution in [2.24, 2.45) is 0 Å². The lowest BCUT2D eigenvalue weighted by Gasteiger charge is -2.13. The van der Waals surface area contributed by atoms with Crippen molar-refractivity contribution in [3.8, 4) is 0 Å². The van der Waals surface area contributed by atoms with Crippen LogP contribution in [-0.2, 0) is 14.8 Å². The quantitative estimate of drug-likeness (QED) is 0.564. The normalized spacial score (nSPS) is 16.9. The molecule has 1 unspecified atom stereocenters. The first-order chi connectivity index (χ1) is 14.6. The molecule has 1 aliphatic rings. The van der Waals surface area contributed by atoms with E-state index in [0.29, 0.717) is 11.3 Å². The number of sulfonamides is 1. The molecule has 2 N–H and O–H groups in total. The van der Waals surface area contributed by atoms with Gasteiger partial charge in [0.1, 0.15) is 6.54 Å². The van der Waals surface area contributed by atoms with Crippen molar-refractivity contribution in [1.82, 2.24) is 4.72 Å². The van der Waals surface area contributed by atoms with Gasteiger partial charge >= 0.3 is 6.18 Å². The van der Waals surface area contributed by atoms with Gasteiger partial charge in [-0.1, -0.05) is 12.1 Å². The number of anilines is 1. The summed E-state index contributed by atoms with van der Waals surface area (Å²) in [5.41, 5.74) is 0.785. The Morgan fingerprint density at radius 2 is 1.84 bits per heavy atom. The van der Waals surface area contributed by atoms with Gasteiger partial charge in [-0.25, -0.2) is 13.1 Å². The highest BCUT2D eigenvalue weighted by Crippen LogP contribution is 2.27. The Morgan fingerprint density at radius 3 is 2.48 bits per heavy atom. The van der Waals surface area contributed by atoms with Crippen molar-refractivity contribution in [2.75, 3.05) is 24.2 Å². The molecule has 0 saturated carbocycles. The molecule has 168 valence electrons. The van der Waals surface area contributed by atoms with E-state index in [-0.39, 0.29) is 16.9 Å². The van der Waals surface area contributed by atoms with Crippen LogP contribution in [0.2, 0.25) is 0 Å². The zero-order valence-corrected chi connectivity index (χ0v) is 17.9. The fraction of sp³-hybridized carbons (Fsp3) is 0.350. The van der Waals surface area contributed by atoms with Crippen LogP contribution in [0.3, 0.4) is 0 Å². The molecule has 1 amide bonds. The summed E-state index contributed by atoms with van der Waals surface area (Å²) in [6.07, 6.45) is -2.46. The number of benzene rings is 2. The van der Waals surface area contributed by atoms with Crippen LogP contribution in [0.1, 0.15) is 23.2 Å². The number of amides is 1. The van der Waals surface area contributed by atoms with Gasteiger partial charge in [0.25, 0.3) is 5.91 Å². The van der Waals surface area contributed by atoms with E-state index in [1.165, 1.54) is 28.6 Å². The SMILES string of the molecule is O=C(Nc1ccc(S(=O)(=O)NCC(F)(F)F)cc1)c1ccccc1SCC1CCCO1. The predicted molar refractivity (Wildman–Crippen MR) is 112 cm³/mol. The van der Waals surface area contributed by atoms with Gasteiger partial charge in [-0.3, -0.25) is 4.79 Å². The first kappa shape index (κ1) is 23.6. The van der Waals surface area contributed by atoms with Gasteiger partial charge in [0, 0.05) is 22.9 Å². The molecular weight excluding hydrogens is 453 g/mol. The number of alkyl halides is 3. The molecule has 1 atom stereocenters. The van der Waals surface area contributed by atoms with Gasteiger partial charge in [-0.15, -0.1) is 11.8 Å². The number of hydrogen-bond acceptors (Lipinski definition) is 5. The first-order valence-electron chi connectivity index (χ1n) is 9.45. The number of ether oxygens (including phenoxy) is 1. The molecule has 2 aromatic carbocycles. The molecule has 1 saturated heterocycles. The molecular formula is C20H21F3N2O4S2. The van der Waals surface area contributed by atoms with Crippen LogP contribution in [0.25, 0.3) is 0 Å². The molecule has 6 nitrogen and oxygen atoms in total. The minimum Gasteiger partial charge on any atom is -0.377 e. The fourth-order valence-electron chi connectivity index (χ4n) is 2.91. The van der Waals surface area contributed by atoms with Crippen molar-refractivity contribution >= 4 is 33.4 Å². The molecule has 2 aromatic rings. The van der Waals surface area contributed by atoms with Gasteiger partial charge < -0.3 is 10.1 Å². The summed E-state index contributed by atoms with van der Waals surface area (Å²) in [7, 11) is -4.31. The molecule has 11 heteroatoms. The topological polar surface area (TPSA) is 84.5 Å². The molecule has 3 rings (SSSR count). The zero-order chi connectivity index (χ0) is 22.5. The number of thioether (sulfide) groups is 1. The van der Waals surface area contributed by atoms with Crippen molar-refractivity contribution in [1.29, 1.82) is 0 Å². The highest BCUT2D eigenvalue weighted by atomic mass is 32.2. The Hall–Kier alpha value is -2.08. The highest BCUT2D eigenvalue weighted by Gasteiger charge is 2.30. The number of carbonyl (C=O) groups excluding carboxylic acids is 1. The third-order valence-electron chi connectivity index (χ3n) is 4.47. The molecule has 0 radical (unpaired) electrons. The van der Waals surface area contributed by atoms with Gasteiger partial charge in [-0.05, 0) is 49.2 Å². The monoisotopic (exact) mass is 474 g/mol. The molecule has 1 fully saturated rings. The number of halogens is 3. The van der Waals surface area contributed by atoms with Crippen LogP contribution in [0, 0.1) is 0 Å². The maximum Gasteiger partial charge on any atom is 0.402 e. The van der Waals surface area contributed by atoms with E-state index in [4.69, 9.17) is 4.74 Å². The number of rotatable bonds is 8. The molecule has 0 bridgehead atoms. The minimum absolute atomic E-state index is 0.168. The van der Waals surface area contributed by atoms with Crippen molar-refractivity contribution in [3.63, 3.8) is 0 Å². The largest absolute Gasteiger partial charge is 0.402 e. The lowest BCUT2D eigenvalue weighted by Crippen LogP contribution is -2.33. The maximum absolute atomic E-state index is 12.7. The van der Waals surface area contributed by atoms with E-state index in [0.717, 1.165) is 42.2 Å². The highest BCUT2D eigenvalue weighted by molar-refractivity contribution is 7.99. The van der Waals surface area contributed by atoms with E-state index in [2.05, 4.69) is 5.32 Å². The second kappa shape index (κ2) is 10.0. The van der Waals surface area contributed by atoms with Gasteiger partial charge in [-0.2, -0.15) is 13.2 Å². The molecule has 0 aromatic heterocycles. The molecule has 1 heterocycles. The third-order valence-corrected chi connectivity index (χ3v) is 7.09. The summed E-state index contributed by atoms with van der Waals surface area (Å²) >= 11 is 1.53. The minimum atomic E-state index is -4.66. The van der Waals surface area contributed by atoms with Crippen LogP contribution in [-0.4, -0.2) is 45.5 Å². The van der Waals surface area contributed by atoms with Crippen molar-refractivity contribution in [2.45, 2.75) is 34.9 Å². The summed E-state index contributed by atoms with van der Waals surface area (Å²) in [6.45, 7) is -0.904. The Kier molecular flexibility index (Phi) is 7.63. The lowest BCUT2D eigenvalue weighted by atomic mass is 10.2. The average molecular weight is 475 g/mol. The van der Waals surface area contributed by atoms with Gasteiger partial charge in [0.15, 0.2) is 0 Å². The number of hydrogen-bond donors (Lipinski definition) is 2. The fourth-order valence-corrected chi connectivity index (χ4v) is 5.05. The maximum atomic E-state index is 12.7. The Morgan fingerprint density at radius 1 is 1.13 bits per heavy atom. The Balaban J connectivity index is 1.64. The lowest BCUT2D eigenvalue weighted by molar-refractivity contribution is -0.121. The van der Waals surface area contributed by atoms with Crippen molar-refractivity contribution < 1.29 is 31.1 Å². The van der Waals surface area contributed by atoms with Crippen LogP contribution >= 0.6 is 11.8 Å². The van der Waals surface area contributed by atoms with Crippen molar-refractivity contribution in [3.05, 3.63) is 54.1 Å². The van der Waals surface area contributed by atoms with E-state index >= 15 is 0 Å². The molecule has 0 spiro atoms.